The molecule has 0 saturated carbocycles. The van der Waals surface area contributed by atoms with Gasteiger partial charge < -0.3 is 5.11 Å². The molecular weight excluding hydrogens is 312 g/mol. The number of aliphatic carboxylic acids is 1. The van der Waals surface area contributed by atoms with Gasteiger partial charge in [-0.3, -0.25) is 9.59 Å². The van der Waals surface area contributed by atoms with Crippen LogP contribution in [0.2, 0.25) is 0 Å². The van der Waals surface area contributed by atoms with E-state index < -0.39 is 5.97 Å². The second-order valence-electron chi connectivity index (χ2n) is 5.32. The van der Waals surface area contributed by atoms with Crippen LogP contribution < -0.4 is 0 Å². The lowest BCUT2D eigenvalue weighted by atomic mass is 9.99. The van der Waals surface area contributed by atoms with E-state index in [1.807, 2.05) is 47.2 Å². The van der Waals surface area contributed by atoms with Crippen molar-refractivity contribution < 1.29 is 14.7 Å². The average molecular weight is 328 g/mol. The van der Waals surface area contributed by atoms with Gasteiger partial charge in [-0.2, -0.15) is 16.4 Å². The third-order valence-electron chi connectivity index (χ3n) is 3.76. The predicted molar refractivity (Wildman–Crippen MR) is 88.4 cm³/mol. The first kappa shape index (κ1) is 15.4. The number of carboxylic acid groups (broad SMARTS) is 1. The molecule has 118 valence electrons. The molecule has 3 rings (SSSR count). The molecule has 0 saturated heterocycles. The molecule has 6 heteroatoms. The highest BCUT2D eigenvalue weighted by molar-refractivity contribution is 7.08. The standard InChI is InChI=1S/C17H16N2O3S/c20-16(6-7-17(21)22)19-15(12-4-2-1-3-5-12)10-14(18-19)13-8-9-23-11-13/h1-5,8-9,11,15H,6-7,10H2,(H,21,22). The van der Waals surface area contributed by atoms with Crippen LogP contribution in [0.4, 0.5) is 0 Å². The summed E-state index contributed by atoms with van der Waals surface area (Å²) in [6, 6.07) is 11.5. The number of hydrazone groups is 1. The Kier molecular flexibility index (Phi) is 4.52. The summed E-state index contributed by atoms with van der Waals surface area (Å²) in [4.78, 5) is 23.1. The molecule has 23 heavy (non-hydrogen) atoms. The van der Waals surface area contributed by atoms with Crippen molar-refractivity contribution in [1.82, 2.24) is 5.01 Å². The highest BCUT2D eigenvalue weighted by Crippen LogP contribution is 2.33. The van der Waals surface area contributed by atoms with Crippen molar-refractivity contribution in [2.75, 3.05) is 0 Å². The van der Waals surface area contributed by atoms with E-state index in [0.717, 1.165) is 16.8 Å². The van der Waals surface area contributed by atoms with Crippen LogP contribution in [0.25, 0.3) is 0 Å². The highest BCUT2D eigenvalue weighted by Gasteiger charge is 2.32. The summed E-state index contributed by atoms with van der Waals surface area (Å²) in [5.41, 5.74) is 2.89. The molecule has 0 spiro atoms. The Labute approximate surface area is 137 Å². The minimum absolute atomic E-state index is 0.0426. The van der Waals surface area contributed by atoms with Gasteiger partial charge in [0, 0.05) is 18.4 Å². The molecule has 1 atom stereocenters. The lowest BCUT2D eigenvalue weighted by Gasteiger charge is -2.21. The monoisotopic (exact) mass is 328 g/mol. The smallest absolute Gasteiger partial charge is 0.303 e. The SMILES string of the molecule is O=C(O)CCC(=O)N1N=C(c2ccsc2)CC1c1ccccc1. The Bertz CT molecular complexity index is 726. The van der Waals surface area contributed by atoms with Gasteiger partial charge in [0.25, 0.3) is 0 Å². The fourth-order valence-corrected chi connectivity index (χ4v) is 3.27. The van der Waals surface area contributed by atoms with E-state index in [1.165, 1.54) is 5.01 Å². The van der Waals surface area contributed by atoms with Crippen LogP contribution in [-0.4, -0.2) is 27.7 Å². The second kappa shape index (κ2) is 6.75. The van der Waals surface area contributed by atoms with Gasteiger partial charge in [0.05, 0.1) is 18.2 Å². The zero-order chi connectivity index (χ0) is 16.2. The summed E-state index contributed by atoms with van der Waals surface area (Å²) in [6.07, 6.45) is 0.415. The van der Waals surface area contributed by atoms with Gasteiger partial charge in [0.1, 0.15) is 0 Å². The van der Waals surface area contributed by atoms with Crippen LogP contribution in [0.15, 0.2) is 52.3 Å². The van der Waals surface area contributed by atoms with Crippen molar-refractivity contribution in [3.05, 3.63) is 58.3 Å². The van der Waals surface area contributed by atoms with Crippen LogP contribution in [0.1, 0.15) is 36.4 Å². The van der Waals surface area contributed by atoms with Crippen molar-refractivity contribution in [3.8, 4) is 0 Å². The Balaban J connectivity index is 1.86. The van der Waals surface area contributed by atoms with Gasteiger partial charge in [0.2, 0.25) is 5.91 Å². The number of hydrogen-bond donors (Lipinski definition) is 1. The third kappa shape index (κ3) is 3.48. The molecule has 0 fully saturated rings. The Morgan fingerprint density at radius 3 is 2.65 bits per heavy atom. The van der Waals surface area contributed by atoms with Gasteiger partial charge >= 0.3 is 5.97 Å². The maximum atomic E-state index is 12.4. The van der Waals surface area contributed by atoms with E-state index in [4.69, 9.17) is 5.11 Å². The number of nitrogens with zero attached hydrogens (tertiary/aromatic N) is 2. The predicted octanol–water partition coefficient (Wildman–Crippen LogP) is 3.29. The van der Waals surface area contributed by atoms with Crippen molar-refractivity contribution in [2.24, 2.45) is 5.10 Å². The Morgan fingerprint density at radius 2 is 2.00 bits per heavy atom. The molecule has 1 N–H and O–H groups in total. The molecule has 0 radical (unpaired) electrons. The Hall–Kier alpha value is -2.47. The molecule has 5 nitrogen and oxygen atoms in total. The van der Waals surface area contributed by atoms with E-state index in [-0.39, 0.29) is 24.8 Å². The maximum Gasteiger partial charge on any atom is 0.303 e. The van der Waals surface area contributed by atoms with E-state index in [9.17, 15) is 9.59 Å². The van der Waals surface area contributed by atoms with Gasteiger partial charge in [-0.1, -0.05) is 30.3 Å². The number of amides is 1. The molecular formula is C17H16N2O3S. The first-order valence-corrected chi connectivity index (χ1v) is 8.28. The summed E-state index contributed by atoms with van der Waals surface area (Å²) >= 11 is 1.59. The summed E-state index contributed by atoms with van der Waals surface area (Å²) in [5.74, 6) is -1.23. The molecule has 2 aromatic rings. The number of rotatable bonds is 5. The van der Waals surface area contributed by atoms with Gasteiger partial charge in [-0.05, 0) is 22.4 Å². The van der Waals surface area contributed by atoms with Crippen LogP contribution >= 0.6 is 11.3 Å². The first-order valence-electron chi connectivity index (χ1n) is 7.34. The summed E-state index contributed by atoms with van der Waals surface area (Å²) in [7, 11) is 0. The zero-order valence-electron chi connectivity index (χ0n) is 12.4. The van der Waals surface area contributed by atoms with E-state index in [1.54, 1.807) is 11.3 Å². The summed E-state index contributed by atoms with van der Waals surface area (Å²) in [6.45, 7) is 0. The largest absolute Gasteiger partial charge is 0.481 e. The minimum atomic E-state index is -0.976. The van der Waals surface area contributed by atoms with Crippen LogP contribution in [0.5, 0.6) is 0 Å². The number of carbonyl (C=O) groups excluding carboxylic acids is 1. The van der Waals surface area contributed by atoms with Gasteiger partial charge in [-0.15, -0.1) is 0 Å². The van der Waals surface area contributed by atoms with E-state index in [0.29, 0.717) is 6.42 Å². The lowest BCUT2D eigenvalue weighted by molar-refractivity contribution is -0.141. The third-order valence-corrected chi connectivity index (χ3v) is 4.44. The molecule has 2 heterocycles. The first-order chi connectivity index (χ1) is 11.1. The fraction of sp³-hybridized carbons (Fsp3) is 0.235. The number of benzene rings is 1. The molecule has 1 aromatic heterocycles. The van der Waals surface area contributed by atoms with E-state index >= 15 is 0 Å². The number of hydrogen-bond acceptors (Lipinski definition) is 4. The van der Waals surface area contributed by atoms with Crippen molar-refractivity contribution in [2.45, 2.75) is 25.3 Å². The molecule has 0 bridgehead atoms. The fourth-order valence-electron chi connectivity index (χ4n) is 2.61. The van der Waals surface area contributed by atoms with Crippen molar-refractivity contribution >= 4 is 28.9 Å². The molecule has 1 unspecified atom stereocenters. The normalized spacial score (nSPS) is 17.1. The summed E-state index contributed by atoms with van der Waals surface area (Å²) < 4.78 is 0. The molecule has 0 aliphatic carbocycles. The van der Waals surface area contributed by atoms with Crippen LogP contribution in [-0.2, 0) is 9.59 Å². The van der Waals surface area contributed by atoms with Gasteiger partial charge in [0.15, 0.2) is 0 Å². The number of carboxylic acids is 1. The van der Waals surface area contributed by atoms with Gasteiger partial charge in [-0.25, -0.2) is 5.01 Å². The topological polar surface area (TPSA) is 70.0 Å². The van der Waals surface area contributed by atoms with Crippen molar-refractivity contribution in [1.29, 1.82) is 0 Å². The summed E-state index contributed by atoms with van der Waals surface area (Å²) in [5, 5.41) is 18.7. The average Bonchev–Trinajstić information content (AvgIpc) is 3.22. The minimum Gasteiger partial charge on any atom is -0.481 e. The van der Waals surface area contributed by atoms with Crippen LogP contribution in [0, 0.1) is 0 Å². The van der Waals surface area contributed by atoms with Crippen LogP contribution in [0.3, 0.4) is 0 Å². The van der Waals surface area contributed by atoms with Crippen molar-refractivity contribution in [3.63, 3.8) is 0 Å². The lowest BCUT2D eigenvalue weighted by Crippen LogP contribution is -2.27. The number of thiophene rings is 1. The quantitative estimate of drug-likeness (QED) is 0.915. The molecule has 1 aliphatic heterocycles. The molecule has 1 amide bonds. The number of carbonyl (C=O) groups is 2. The molecule has 1 aliphatic rings. The van der Waals surface area contributed by atoms with E-state index in [2.05, 4.69) is 5.10 Å². The maximum absolute atomic E-state index is 12.4. The highest BCUT2D eigenvalue weighted by atomic mass is 32.1. The zero-order valence-corrected chi connectivity index (χ0v) is 13.2. The second-order valence-corrected chi connectivity index (χ2v) is 6.10. The molecule has 1 aromatic carbocycles. The Morgan fingerprint density at radius 1 is 1.22 bits per heavy atom.